The highest BCUT2D eigenvalue weighted by atomic mass is 16.4. The van der Waals surface area contributed by atoms with Crippen molar-refractivity contribution in [1.29, 1.82) is 0 Å². The molecule has 0 aliphatic carbocycles. The van der Waals surface area contributed by atoms with Crippen molar-refractivity contribution >= 4 is 17.6 Å². The molecular weight excluding hydrogens is 270 g/mol. The minimum Gasteiger partial charge on any atom is -0.480 e. The topological polar surface area (TPSA) is 77.8 Å². The van der Waals surface area contributed by atoms with Gasteiger partial charge in [0.15, 0.2) is 0 Å². The zero-order chi connectivity index (χ0) is 16.4. The summed E-state index contributed by atoms with van der Waals surface area (Å²) in [7, 11) is 0. The third-order valence-electron chi connectivity index (χ3n) is 3.58. The van der Waals surface area contributed by atoms with Crippen molar-refractivity contribution in [1.82, 2.24) is 0 Å². The molecule has 5 nitrogen and oxygen atoms in total. The molecule has 0 saturated heterocycles. The molecule has 1 rings (SSSR count). The van der Waals surface area contributed by atoms with Crippen LogP contribution < -0.4 is 4.90 Å². The van der Waals surface area contributed by atoms with Crippen molar-refractivity contribution in [2.24, 2.45) is 0 Å². The molecule has 2 atom stereocenters. The Balaban J connectivity index is 3.21. The molecule has 116 valence electrons. The van der Waals surface area contributed by atoms with Crippen molar-refractivity contribution in [2.45, 2.75) is 52.1 Å². The van der Waals surface area contributed by atoms with Crippen LogP contribution in [-0.2, 0) is 15.0 Å². The lowest BCUT2D eigenvalue weighted by Gasteiger charge is -2.32. The van der Waals surface area contributed by atoms with Gasteiger partial charge in [-0.1, -0.05) is 32.9 Å². The van der Waals surface area contributed by atoms with E-state index < -0.39 is 24.0 Å². The first kappa shape index (κ1) is 17.0. The molecule has 1 aromatic carbocycles. The van der Waals surface area contributed by atoms with Crippen molar-refractivity contribution < 1.29 is 19.8 Å². The first-order valence-corrected chi connectivity index (χ1v) is 6.90. The number of nitrogens with zero attached hydrogens (tertiary/aromatic N) is 1. The maximum absolute atomic E-state index is 11.2. The van der Waals surface area contributed by atoms with Crippen LogP contribution >= 0.6 is 0 Å². The van der Waals surface area contributed by atoms with E-state index >= 15 is 0 Å². The van der Waals surface area contributed by atoms with Gasteiger partial charge in [-0.3, -0.25) is 0 Å². The van der Waals surface area contributed by atoms with Gasteiger partial charge >= 0.3 is 11.9 Å². The number of anilines is 1. The molecule has 0 aliphatic heterocycles. The van der Waals surface area contributed by atoms with E-state index in [0.717, 1.165) is 5.56 Å². The summed E-state index contributed by atoms with van der Waals surface area (Å²) >= 11 is 0. The van der Waals surface area contributed by atoms with E-state index in [1.54, 1.807) is 12.1 Å². The summed E-state index contributed by atoms with van der Waals surface area (Å²) in [6.07, 6.45) is 0. The number of benzene rings is 1. The number of carbonyl (C=O) groups is 2. The number of hydrogen-bond donors (Lipinski definition) is 2. The van der Waals surface area contributed by atoms with E-state index in [2.05, 4.69) is 20.8 Å². The quantitative estimate of drug-likeness (QED) is 0.872. The van der Waals surface area contributed by atoms with Crippen LogP contribution in [0.25, 0.3) is 0 Å². The monoisotopic (exact) mass is 293 g/mol. The van der Waals surface area contributed by atoms with Crippen LogP contribution in [0.3, 0.4) is 0 Å². The fourth-order valence-corrected chi connectivity index (χ4v) is 2.15. The first-order chi connectivity index (χ1) is 9.55. The number of hydrogen-bond acceptors (Lipinski definition) is 3. The largest absolute Gasteiger partial charge is 0.480 e. The molecule has 0 saturated carbocycles. The third kappa shape index (κ3) is 3.97. The Morgan fingerprint density at radius 1 is 0.952 bits per heavy atom. The number of carboxylic acid groups (broad SMARTS) is 2. The van der Waals surface area contributed by atoms with Crippen LogP contribution in [0.15, 0.2) is 24.3 Å². The van der Waals surface area contributed by atoms with Gasteiger partial charge < -0.3 is 15.1 Å². The van der Waals surface area contributed by atoms with Gasteiger partial charge in [-0.2, -0.15) is 0 Å². The Kier molecular flexibility index (Phi) is 4.99. The predicted molar refractivity (Wildman–Crippen MR) is 81.8 cm³/mol. The zero-order valence-electron chi connectivity index (χ0n) is 13.1. The fraction of sp³-hybridized carbons (Fsp3) is 0.500. The van der Waals surface area contributed by atoms with E-state index in [0.29, 0.717) is 5.69 Å². The van der Waals surface area contributed by atoms with Crippen molar-refractivity contribution in [3.05, 3.63) is 29.8 Å². The van der Waals surface area contributed by atoms with Gasteiger partial charge in [0.25, 0.3) is 0 Å². The summed E-state index contributed by atoms with van der Waals surface area (Å²) in [5.74, 6) is -2.11. The minimum atomic E-state index is -1.05. The lowest BCUT2D eigenvalue weighted by Crippen LogP contribution is -2.48. The Labute approximate surface area is 125 Å². The van der Waals surface area contributed by atoms with Gasteiger partial charge in [-0.15, -0.1) is 0 Å². The van der Waals surface area contributed by atoms with E-state index in [1.807, 2.05) is 12.1 Å². The molecule has 0 fully saturated rings. The summed E-state index contributed by atoms with van der Waals surface area (Å²) in [5, 5.41) is 18.4. The maximum atomic E-state index is 11.2. The van der Waals surface area contributed by atoms with Gasteiger partial charge in [-0.25, -0.2) is 9.59 Å². The fourth-order valence-electron chi connectivity index (χ4n) is 2.15. The zero-order valence-corrected chi connectivity index (χ0v) is 13.1. The molecule has 2 N–H and O–H groups in total. The molecule has 0 aliphatic rings. The summed E-state index contributed by atoms with van der Waals surface area (Å²) in [6.45, 7) is 9.22. The molecule has 5 heteroatoms. The summed E-state index contributed by atoms with van der Waals surface area (Å²) in [5.41, 5.74) is 1.69. The Hall–Kier alpha value is -2.04. The molecule has 1 aromatic rings. The summed E-state index contributed by atoms with van der Waals surface area (Å²) in [4.78, 5) is 23.9. The second-order valence-electron chi connectivity index (χ2n) is 6.23. The number of aliphatic carboxylic acids is 2. The summed E-state index contributed by atoms with van der Waals surface area (Å²) in [6, 6.07) is 5.53. The molecule has 0 aromatic heterocycles. The second-order valence-corrected chi connectivity index (χ2v) is 6.23. The van der Waals surface area contributed by atoms with Crippen LogP contribution in [0, 0.1) is 0 Å². The summed E-state index contributed by atoms with van der Waals surface area (Å²) < 4.78 is 0. The number of rotatable bonds is 5. The predicted octanol–water partition coefficient (Wildman–Crippen LogP) is 2.74. The molecule has 0 bridgehead atoms. The molecule has 0 radical (unpaired) electrons. The van der Waals surface area contributed by atoms with E-state index in [-0.39, 0.29) is 5.41 Å². The van der Waals surface area contributed by atoms with Gasteiger partial charge in [-0.05, 0) is 37.0 Å². The lowest BCUT2D eigenvalue weighted by atomic mass is 9.87. The van der Waals surface area contributed by atoms with Crippen molar-refractivity contribution in [3.63, 3.8) is 0 Å². The maximum Gasteiger partial charge on any atom is 0.326 e. The SMILES string of the molecule is CC(C(=O)O)N(c1ccc(C(C)(C)C)cc1)C(C)C(=O)O. The third-order valence-corrected chi connectivity index (χ3v) is 3.58. The van der Waals surface area contributed by atoms with Crippen LogP contribution in [0.2, 0.25) is 0 Å². The van der Waals surface area contributed by atoms with Crippen LogP contribution in [-0.4, -0.2) is 34.2 Å². The van der Waals surface area contributed by atoms with E-state index in [1.165, 1.54) is 18.7 Å². The highest BCUT2D eigenvalue weighted by molar-refractivity contribution is 5.84. The van der Waals surface area contributed by atoms with Crippen LogP contribution in [0.5, 0.6) is 0 Å². The first-order valence-electron chi connectivity index (χ1n) is 6.90. The van der Waals surface area contributed by atoms with Gasteiger partial charge in [0.2, 0.25) is 0 Å². The van der Waals surface area contributed by atoms with Crippen molar-refractivity contribution in [2.75, 3.05) is 4.90 Å². The second kappa shape index (κ2) is 6.16. The molecule has 0 heterocycles. The minimum absolute atomic E-state index is 0.0137. The highest BCUT2D eigenvalue weighted by Crippen LogP contribution is 2.27. The average molecular weight is 293 g/mol. The molecule has 21 heavy (non-hydrogen) atoms. The van der Waals surface area contributed by atoms with E-state index in [9.17, 15) is 19.8 Å². The molecule has 0 spiro atoms. The highest BCUT2D eigenvalue weighted by Gasteiger charge is 2.30. The normalized spacial score (nSPS) is 14.3. The average Bonchev–Trinajstić information content (AvgIpc) is 2.38. The lowest BCUT2D eigenvalue weighted by molar-refractivity contribution is -0.140. The number of carboxylic acids is 2. The molecular formula is C16H23NO4. The Morgan fingerprint density at radius 2 is 1.33 bits per heavy atom. The van der Waals surface area contributed by atoms with Gasteiger partial charge in [0.05, 0.1) is 0 Å². The standard InChI is InChI=1S/C16H23NO4/c1-10(14(18)19)17(11(2)15(20)21)13-8-6-12(7-9-13)16(3,4)5/h6-11H,1-5H3,(H,18,19)(H,20,21). The van der Waals surface area contributed by atoms with Gasteiger partial charge in [0, 0.05) is 5.69 Å². The smallest absolute Gasteiger partial charge is 0.326 e. The molecule has 2 unspecified atom stereocenters. The van der Waals surface area contributed by atoms with Crippen LogP contribution in [0.1, 0.15) is 40.2 Å². The van der Waals surface area contributed by atoms with Crippen molar-refractivity contribution in [3.8, 4) is 0 Å². The Bertz CT molecular complexity index is 496. The van der Waals surface area contributed by atoms with Gasteiger partial charge in [0.1, 0.15) is 12.1 Å². The molecule has 0 amide bonds. The van der Waals surface area contributed by atoms with E-state index in [4.69, 9.17) is 0 Å². The van der Waals surface area contributed by atoms with Crippen LogP contribution in [0.4, 0.5) is 5.69 Å². The Morgan fingerprint density at radius 3 is 1.62 bits per heavy atom.